The van der Waals surface area contributed by atoms with E-state index in [1.165, 1.54) is 16.4 Å². The van der Waals surface area contributed by atoms with Crippen LogP contribution < -0.4 is 5.73 Å². The summed E-state index contributed by atoms with van der Waals surface area (Å²) < 4.78 is 45.8. The summed E-state index contributed by atoms with van der Waals surface area (Å²) in [5.74, 6) is -0.745. The molecule has 0 saturated carbocycles. The summed E-state index contributed by atoms with van der Waals surface area (Å²) in [7, 11) is -3.79. The van der Waals surface area contributed by atoms with Crippen molar-refractivity contribution in [1.82, 2.24) is 4.31 Å². The van der Waals surface area contributed by atoms with Crippen LogP contribution in [0.4, 0.5) is 4.39 Å². The maximum atomic E-state index is 14.0. The van der Waals surface area contributed by atoms with Crippen LogP contribution in [0.3, 0.4) is 0 Å². The lowest BCUT2D eigenvalue weighted by Crippen LogP contribution is -2.41. The van der Waals surface area contributed by atoms with Crippen LogP contribution >= 0.6 is 0 Å². The minimum atomic E-state index is -3.79. The highest BCUT2D eigenvalue weighted by molar-refractivity contribution is 7.89. The largest absolute Gasteiger partial charge is 0.378 e. The number of piperidine rings is 1. The number of nitrogens with two attached hydrogens (primary N) is 1. The standard InChI is InChI=1S/C14H21FN2O3S/c1-2-20-12-5-7-17(8-6-12)21(18,19)14-4-3-11(10-16)9-13(14)15/h3-4,9,12H,2,5-8,10,16H2,1H3. The molecule has 2 N–H and O–H groups in total. The van der Waals surface area contributed by atoms with E-state index >= 15 is 0 Å². The van der Waals surface area contributed by atoms with Gasteiger partial charge in [-0.25, -0.2) is 12.8 Å². The number of halogens is 1. The fourth-order valence-electron chi connectivity index (χ4n) is 2.49. The molecule has 0 amide bonds. The summed E-state index contributed by atoms with van der Waals surface area (Å²) in [5.41, 5.74) is 5.99. The van der Waals surface area contributed by atoms with E-state index in [9.17, 15) is 12.8 Å². The Morgan fingerprint density at radius 3 is 2.57 bits per heavy atom. The highest BCUT2D eigenvalue weighted by atomic mass is 32.2. The zero-order valence-electron chi connectivity index (χ0n) is 12.1. The molecule has 1 aromatic rings. The second-order valence-corrected chi connectivity index (χ2v) is 6.93. The molecule has 7 heteroatoms. The topological polar surface area (TPSA) is 72.6 Å². The molecular weight excluding hydrogens is 295 g/mol. The highest BCUT2D eigenvalue weighted by Crippen LogP contribution is 2.24. The van der Waals surface area contributed by atoms with Crippen LogP contribution in [-0.2, 0) is 21.3 Å². The fourth-order valence-corrected chi connectivity index (χ4v) is 4.01. The SMILES string of the molecule is CCOC1CCN(S(=O)(=O)c2ccc(CN)cc2F)CC1. The van der Waals surface area contributed by atoms with Crippen LogP contribution in [0.5, 0.6) is 0 Å². The maximum absolute atomic E-state index is 14.0. The average Bonchev–Trinajstić information content (AvgIpc) is 2.47. The first kappa shape index (κ1) is 16.4. The maximum Gasteiger partial charge on any atom is 0.245 e. The van der Waals surface area contributed by atoms with Gasteiger partial charge in [-0.3, -0.25) is 0 Å². The lowest BCUT2D eigenvalue weighted by atomic mass is 10.1. The summed E-state index contributed by atoms with van der Waals surface area (Å²) in [6.45, 7) is 3.41. The van der Waals surface area contributed by atoms with E-state index in [-0.39, 0.29) is 17.5 Å². The van der Waals surface area contributed by atoms with Gasteiger partial charge in [-0.05, 0) is 37.5 Å². The molecule has 0 aromatic heterocycles. The number of hydrogen-bond acceptors (Lipinski definition) is 4. The Morgan fingerprint density at radius 2 is 2.05 bits per heavy atom. The molecule has 1 aliphatic heterocycles. The number of hydrogen-bond donors (Lipinski definition) is 1. The minimum absolute atomic E-state index is 0.0888. The third kappa shape index (κ3) is 3.60. The third-order valence-corrected chi connectivity index (χ3v) is 5.59. The molecule has 21 heavy (non-hydrogen) atoms. The van der Waals surface area contributed by atoms with E-state index in [1.807, 2.05) is 6.92 Å². The van der Waals surface area contributed by atoms with E-state index in [2.05, 4.69) is 0 Å². The smallest absolute Gasteiger partial charge is 0.245 e. The summed E-state index contributed by atoms with van der Waals surface area (Å²) >= 11 is 0. The number of nitrogens with zero attached hydrogens (tertiary/aromatic N) is 1. The Bertz CT molecular complexity index is 584. The molecule has 1 saturated heterocycles. The molecule has 1 aromatic carbocycles. The Hall–Kier alpha value is -1.02. The van der Waals surface area contributed by atoms with E-state index in [0.29, 0.717) is 38.1 Å². The van der Waals surface area contributed by atoms with Crippen molar-refractivity contribution in [2.24, 2.45) is 5.73 Å². The second kappa shape index (κ2) is 6.83. The lowest BCUT2D eigenvalue weighted by molar-refractivity contribution is 0.0290. The van der Waals surface area contributed by atoms with Gasteiger partial charge in [0.05, 0.1) is 6.10 Å². The number of rotatable bonds is 5. The third-order valence-electron chi connectivity index (χ3n) is 3.65. The summed E-state index contributed by atoms with van der Waals surface area (Å²) in [6, 6.07) is 4.02. The predicted molar refractivity (Wildman–Crippen MR) is 77.7 cm³/mol. The zero-order valence-corrected chi connectivity index (χ0v) is 12.9. The first-order valence-corrected chi connectivity index (χ1v) is 8.53. The van der Waals surface area contributed by atoms with Gasteiger partial charge < -0.3 is 10.5 Å². The molecule has 0 aliphatic carbocycles. The van der Waals surface area contributed by atoms with Gasteiger partial charge in [0, 0.05) is 26.2 Å². The Labute approximate surface area is 124 Å². The molecule has 0 spiro atoms. The number of benzene rings is 1. The Kier molecular flexibility index (Phi) is 5.32. The molecule has 0 bridgehead atoms. The number of sulfonamides is 1. The van der Waals surface area contributed by atoms with Crippen molar-refractivity contribution in [2.75, 3.05) is 19.7 Å². The summed E-state index contributed by atoms with van der Waals surface area (Å²) in [4.78, 5) is -0.283. The van der Waals surface area contributed by atoms with Gasteiger partial charge in [0.25, 0.3) is 0 Å². The van der Waals surface area contributed by atoms with Crippen LogP contribution in [0.15, 0.2) is 23.1 Å². The summed E-state index contributed by atoms with van der Waals surface area (Å²) in [6.07, 6.45) is 1.36. The minimum Gasteiger partial charge on any atom is -0.378 e. The van der Waals surface area contributed by atoms with Crippen molar-refractivity contribution < 1.29 is 17.5 Å². The highest BCUT2D eigenvalue weighted by Gasteiger charge is 2.31. The van der Waals surface area contributed by atoms with Gasteiger partial charge in [0.1, 0.15) is 10.7 Å². The molecule has 1 heterocycles. The lowest BCUT2D eigenvalue weighted by Gasteiger charge is -2.31. The van der Waals surface area contributed by atoms with Crippen molar-refractivity contribution in [3.8, 4) is 0 Å². The van der Waals surface area contributed by atoms with Crippen molar-refractivity contribution in [3.05, 3.63) is 29.6 Å². The molecule has 1 aliphatic rings. The average molecular weight is 316 g/mol. The molecular formula is C14H21FN2O3S. The van der Waals surface area contributed by atoms with E-state index in [0.717, 1.165) is 0 Å². The molecule has 118 valence electrons. The normalized spacial score (nSPS) is 18.0. The molecule has 1 fully saturated rings. The Balaban J connectivity index is 2.16. The van der Waals surface area contributed by atoms with Crippen molar-refractivity contribution in [3.63, 3.8) is 0 Å². The van der Waals surface area contributed by atoms with Crippen molar-refractivity contribution in [2.45, 2.75) is 37.3 Å². The van der Waals surface area contributed by atoms with E-state index in [4.69, 9.17) is 10.5 Å². The van der Waals surface area contributed by atoms with E-state index < -0.39 is 15.8 Å². The number of ether oxygens (including phenoxy) is 1. The van der Waals surface area contributed by atoms with Gasteiger partial charge in [0.2, 0.25) is 10.0 Å². The van der Waals surface area contributed by atoms with Gasteiger partial charge in [-0.15, -0.1) is 0 Å². The first-order valence-electron chi connectivity index (χ1n) is 7.09. The first-order chi connectivity index (χ1) is 9.98. The van der Waals surface area contributed by atoms with Gasteiger partial charge in [0.15, 0.2) is 0 Å². The quantitative estimate of drug-likeness (QED) is 0.893. The molecule has 2 rings (SSSR count). The molecule has 5 nitrogen and oxygen atoms in total. The summed E-state index contributed by atoms with van der Waals surface area (Å²) in [5, 5.41) is 0. The molecule has 0 atom stereocenters. The zero-order chi connectivity index (χ0) is 15.5. The van der Waals surface area contributed by atoms with Crippen LogP contribution in [0.25, 0.3) is 0 Å². The van der Waals surface area contributed by atoms with Crippen molar-refractivity contribution >= 4 is 10.0 Å². The Morgan fingerprint density at radius 1 is 1.38 bits per heavy atom. The fraction of sp³-hybridized carbons (Fsp3) is 0.571. The van der Waals surface area contributed by atoms with E-state index in [1.54, 1.807) is 6.07 Å². The van der Waals surface area contributed by atoms with Gasteiger partial charge in [-0.1, -0.05) is 6.07 Å². The monoisotopic (exact) mass is 316 g/mol. The second-order valence-electron chi connectivity index (χ2n) is 5.03. The van der Waals surface area contributed by atoms with Crippen molar-refractivity contribution in [1.29, 1.82) is 0 Å². The molecule has 0 unspecified atom stereocenters. The van der Waals surface area contributed by atoms with Crippen LogP contribution in [0.2, 0.25) is 0 Å². The van der Waals surface area contributed by atoms with Crippen LogP contribution in [0.1, 0.15) is 25.3 Å². The predicted octanol–water partition coefficient (Wildman–Crippen LogP) is 1.47. The molecule has 0 radical (unpaired) electrons. The van der Waals surface area contributed by atoms with Gasteiger partial charge in [-0.2, -0.15) is 4.31 Å². The van der Waals surface area contributed by atoms with Crippen LogP contribution in [-0.4, -0.2) is 38.5 Å². The van der Waals surface area contributed by atoms with Gasteiger partial charge >= 0.3 is 0 Å². The van der Waals surface area contributed by atoms with Crippen LogP contribution in [0, 0.1) is 5.82 Å².